The Bertz CT molecular complexity index is 1190. The van der Waals surface area contributed by atoms with Gasteiger partial charge in [0.25, 0.3) is 5.56 Å². The van der Waals surface area contributed by atoms with Gasteiger partial charge in [0.1, 0.15) is 5.58 Å². The normalized spacial score (nSPS) is 21.5. The number of pyridine rings is 1. The maximum Gasteiger partial charge on any atom is 0.336 e. The Balaban J connectivity index is 1.48. The van der Waals surface area contributed by atoms with E-state index in [1.165, 1.54) is 5.56 Å². The van der Waals surface area contributed by atoms with E-state index in [-0.39, 0.29) is 11.2 Å². The van der Waals surface area contributed by atoms with Gasteiger partial charge in [0.15, 0.2) is 0 Å². The minimum atomic E-state index is -0.293. The van der Waals surface area contributed by atoms with E-state index in [2.05, 4.69) is 30.9 Å². The molecule has 2 bridgehead atoms. The van der Waals surface area contributed by atoms with Crippen LogP contribution in [0.25, 0.3) is 11.0 Å². The first-order valence-corrected chi connectivity index (χ1v) is 10.5. The molecule has 2 aliphatic rings. The molecule has 0 radical (unpaired) electrons. The van der Waals surface area contributed by atoms with E-state index >= 15 is 0 Å². The van der Waals surface area contributed by atoms with Gasteiger partial charge in [-0.25, -0.2) is 4.79 Å². The van der Waals surface area contributed by atoms with E-state index in [1.807, 2.05) is 22.8 Å². The largest absolute Gasteiger partial charge is 0.423 e. The third-order valence-corrected chi connectivity index (χ3v) is 6.47. The van der Waals surface area contributed by atoms with Crippen LogP contribution in [0.15, 0.2) is 56.5 Å². The minimum Gasteiger partial charge on any atom is -0.423 e. The molecule has 1 aromatic carbocycles. The second-order valence-corrected chi connectivity index (χ2v) is 8.89. The summed E-state index contributed by atoms with van der Waals surface area (Å²) in [7, 11) is 0. The monoisotopic (exact) mass is 390 g/mol. The molecule has 1 saturated heterocycles. The highest BCUT2D eigenvalue weighted by atomic mass is 16.4. The summed E-state index contributed by atoms with van der Waals surface area (Å²) >= 11 is 0. The number of fused-ring (bicyclic) bond motifs is 5. The van der Waals surface area contributed by atoms with E-state index < -0.39 is 0 Å². The summed E-state index contributed by atoms with van der Waals surface area (Å²) in [5.41, 5.74) is 3.90. The minimum absolute atomic E-state index is 0.110. The summed E-state index contributed by atoms with van der Waals surface area (Å²) < 4.78 is 7.40. The molecule has 5 heteroatoms. The van der Waals surface area contributed by atoms with Crippen LogP contribution in [-0.4, -0.2) is 22.6 Å². The number of aromatic nitrogens is 1. The molecule has 2 aromatic heterocycles. The van der Waals surface area contributed by atoms with E-state index in [1.54, 1.807) is 12.1 Å². The molecule has 0 spiro atoms. The lowest BCUT2D eigenvalue weighted by Gasteiger charge is -2.42. The Morgan fingerprint density at radius 1 is 1.07 bits per heavy atom. The van der Waals surface area contributed by atoms with E-state index in [9.17, 15) is 9.59 Å². The summed E-state index contributed by atoms with van der Waals surface area (Å²) in [5, 5.41) is 1.03. The van der Waals surface area contributed by atoms with Crippen molar-refractivity contribution in [2.45, 2.75) is 45.2 Å². The van der Waals surface area contributed by atoms with Crippen molar-refractivity contribution in [3.8, 4) is 0 Å². The molecule has 3 aromatic rings. The SMILES string of the molecule is CC(C)c1ccc2oc(=O)cc(CN3C[C@@H]4C[C@H](C3)c3cccc(=O)n3C4)c2c1. The Labute approximate surface area is 169 Å². The van der Waals surface area contributed by atoms with Crippen LogP contribution in [0.5, 0.6) is 0 Å². The van der Waals surface area contributed by atoms with Crippen LogP contribution in [0, 0.1) is 5.92 Å². The van der Waals surface area contributed by atoms with Crippen molar-refractivity contribution >= 4 is 11.0 Å². The highest BCUT2D eigenvalue weighted by Gasteiger charge is 2.34. The van der Waals surface area contributed by atoms with Gasteiger partial charge in [-0.05, 0) is 47.6 Å². The third-order valence-electron chi connectivity index (χ3n) is 6.47. The molecule has 0 N–H and O–H groups in total. The topological polar surface area (TPSA) is 55.5 Å². The Morgan fingerprint density at radius 3 is 2.76 bits per heavy atom. The van der Waals surface area contributed by atoms with Gasteiger partial charge in [0.2, 0.25) is 0 Å². The smallest absolute Gasteiger partial charge is 0.336 e. The summed E-state index contributed by atoms with van der Waals surface area (Å²) in [6.45, 7) is 7.72. The van der Waals surface area contributed by atoms with Crippen molar-refractivity contribution in [3.05, 3.63) is 80.1 Å². The van der Waals surface area contributed by atoms with Crippen LogP contribution in [0.2, 0.25) is 0 Å². The molecular weight excluding hydrogens is 364 g/mol. The van der Waals surface area contributed by atoms with Gasteiger partial charge < -0.3 is 8.98 Å². The first kappa shape index (κ1) is 18.4. The molecule has 0 saturated carbocycles. The second kappa shape index (κ2) is 6.99. The van der Waals surface area contributed by atoms with Crippen LogP contribution in [0.1, 0.15) is 48.9 Å². The number of likely N-dealkylation sites (tertiary alicyclic amines) is 1. The maximum absolute atomic E-state index is 12.2. The molecule has 1 fully saturated rings. The van der Waals surface area contributed by atoms with Crippen LogP contribution in [0.3, 0.4) is 0 Å². The number of nitrogens with zero attached hydrogens (tertiary/aromatic N) is 2. The van der Waals surface area contributed by atoms with Crippen molar-refractivity contribution in [1.29, 1.82) is 0 Å². The van der Waals surface area contributed by atoms with Crippen molar-refractivity contribution < 1.29 is 4.42 Å². The number of hydrogen-bond acceptors (Lipinski definition) is 4. The fourth-order valence-electron chi connectivity index (χ4n) is 5.10. The van der Waals surface area contributed by atoms with Gasteiger partial charge in [0.05, 0.1) is 0 Å². The number of hydrogen-bond donors (Lipinski definition) is 0. The molecule has 4 heterocycles. The molecule has 5 rings (SSSR count). The van der Waals surface area contributed by atoms with Gasteiger partial charge in [-0.3, -0.25) is 9.69 Å². The van der Waals surface area contributed by atoms with E-state index in [0.717, 1.165) is 49.2 Å². The molecule has 0 amide bonds. The van der Waals surface area contributed by atoms with Gasteiger partial charge in [-0.15, -0.1) is 0 Å². The van der Waals surface area contributed by atoms with Gasteiger partial charge in [-0.1, -0.05) is 26.0 Å². The first-order chi connectivity index (χ1) is 14.0. The summed E-state index contributed by atoms with van der Waals surface area (Å²) in [4.78, 5) is 26.8. The van der Waals surface area contributed by atoms with Crippen molar-refractivity contribution in [2.75, 3.05) is 13.1 Å². The van der Waals surface area contributed by atoms with Crippen molar-refractivity contribution in [2.24, 2.45) is 5.92 Å². The Hall–Kier alpha value is -2.66. The molecule has 5 nitrogen and oxygen atoms in total. The highest BCUT2D eigenvalue weighted by molar-refractivity contribution is 5.81. The summed E-state index contributed by atoms with van der Waals surface area (Å²) in [6, 6.07) is 13.4. The quantitative estimate of drug-likeness (QED) is 0.640. The molecule has 0 unspecified atom stereocenters. The maximum atomic E-state index is 12.2. The molecule has 0 aliphatic carbocycles. The van der Waals surface area contributed by atoms with Gasteiger partial charge >= 0.3 is 5.63 Å². The van der Waals surface area contributed by atoms with Gasteiger partial charge in [-0.2, -0.15) is 0 Å². The Kier molecular flexibility index (Phi) is 4.43. The lowest BCUT2D eigenvalue weighted by molar-refractivity contribution is 0.114. The van der Waals surface area contributed by atoms with Crippen LogP contribution in [-0.2, 0) is 13.1 Å². The highest BCUT2D eigenvalue weighted by Crippen LogP contribution is 2.36. The first-order valence-electron chi connectivity index (χ1n) is 10.5. The van der Waals surface area contributed by atoms with Crippen LogP contribution in [0.4, 0.5) is 0 Å². The fraction of sp³-hybridized carbons (Fsp3) is 0.417. The standard InChI is InChI=1S/C24H26N2O3/c1-15(2)17-6-7-22-20(9-17)18(10-24(28)29-22)13-25-11-16-8-19(14-25)21-4-3-5-23(27)26(21)12-16/h3-7,9-10,15-16,19H,8,11-14H2,1-2H3/t16-,19+/m0/s1. The molecule has 29 heavy (non-hydrogen) atoms. The lowest BCUT2D eigenvalue weighted by atomic mass is 9.83. The van der Waals surface area contributed by atoms with Crippen LogP contribution >= 0.6 is 0 Å². The number of rotatable bonds is 3. The van der Waals surface area contributed by atoms with E-state index in [4.69, 9.17) is 4.42 Å². The summed E-state index contributed by atoms with van der Waals surface area (Å²) in [6.07, 6.45) is 1.13. The molecule has 2 aliphatic heterocycles. The molecular formula is C24H26N2O3. The average Bonchev–Trinajstić information content (AvgIpc) is 2.68. The third kappa shape index (κ3) is 3.33. The molecule has 2 atom stereocenters. The van der Waals surface area contributed by atoms with E-state index in [0.29, 0.717) is 23.3 Å². The van der Waals surface area contributed by atoms with Gasteiger partial charge in [0, 0.05) is 55.3 Å². The number of benzene rings is 1. The zero-order valence-electron chi connectivity index (χ0n) is 16.9. The predicted octanol–water partition coefficient (Wildman–Crippen LogP) is 3.70. The number of piperidine rings is 1. The molecule has 150 valence electrons. The van der Waals surface area contributed by atoms with Crippen molar-refractivity contribution in [1.82, 2.24) is 9.47 Å². The van der Waals surface area contributed by atoms with Crippen molar-refractivity contribution in [3.63, 3.8) is 0 Å². The fourth-order valence-corrected chi connectivity index (χ4v) is 5.10. The summed E-state index contributed by atoms with van der Waals surface area (Å²) in [5.74, 6) is 1.26. The second-order valence-electron chi connectivity index (χ2n) is 8.89. The zero-order valence-corrected chi connectivity index (χ0v) is 16.9. The average molecular weight is 390 g/mol. The van der Waals surface area contributed by atoms with Crippen LogP contribution < -0.4 is 11.2 Å². The lowest BCUT2D eigenvalue weighted by Crippen LogP contribution is -2.46. The Morgan fingerprint density at radius 2 is 1.93 bits per heavy atom. The predicted molar refractivity (Wildman–Crippen MR) is 113 cm³/mol. The zero-order chi connectivity index (χ0) is 20.1.